The van der Waals surface area contributed by atoms with Crippen LogP contribution in [0.2, 0.25) is 0 Å². The molecule has 4 nitrogen and oxygen atoms in total. The van der Waals surface area contributed by atoms with E-state index in [9.17, 15) is 4.79 Å². The van der Waals surface area contributed by atoms with Crippen LogP contribution in [-0.4, -0.2) is 43.7 Å². The Morgan fingerprint density at radius 3 is 2.93 bits per heavy atom. The summed E-state index contributed by atoms with van der Waals surface area (Å²) in [5, 5.41) is 6.05. The molecular weight excluding hydrogens is 178 g/mol. The number of likely N-dealkylation sites (N-methyl/N-ethyl adjacent to an activating group) is 1. The van der Waals surface area contributed by atoms with Crippen molar-refractivity contribution >= 4 is 6.03 Å². The number of nitrogens with one attached hydrogen (secondary N) is 2. The molecule has 1 rings (SSSR count). The predicted molar refractivity (Wildman–Crippen MR) is 57.3 cm³/mol. The van der Waals surface area contributed by atoms with Crippen LogP contribution < -0.4 is 10.6 Å². The van der Waals surface area contributed by atoms with Gasteiger partial charge in [0.05, 0.1) is 0 Å². The van der Waals surface area contributed by atoms with Crippen LogP contribution in [0.4, 0.5) is 4.79 Å². The van der Waals surface area contributed by atoms with Crippen molar-refractivity contribution in [3.05, 3.63) is 0 Å². The Hall–Kier alpha value is -0.770. The average Bonchev–Trinajstić information content (AvgIpc) is 2.41. The minimum atomic E-state index is 0.0888. The number of amides is 2. The van der Waals surface area contributed by atoms with Crippen LogP contribution in [0.5, 0.6) is 0 Å². The molecule has 1 fully saturated rings. The van der Waals surface area contributed by atoms with Gasteiger partial charge in [-0.15, -0.1) is 0 Å². The van der Waals surface area contributed by atoms with Crippen LogP contribution >= 0.6 is 0 Å². The molecule has 0 radical (unpaired) electrons. The van der Waals surface area contributed by atoms with E-state index in [1.807, 2.05) is 11.9 Å². The third-order valence-electron chi connectivity index (χ3n) is 2.44. The predicted octanol–water partition coefficient (Wildman–Crippen LogP) is 0.646. The molecule has 14 heavy (non-hydrogen) atoms. The van der Waals surface area contributed by atoms with Gasteiger partial charge in [-0.1, -0.05) is 13.8 Å². The fourth-order valence-corrected chi connectivity index (χ4v) is 1.80. The van der Waals surface area contributed by atoms with E-state index in [0.29, 0.717) is 12.0 Å². The third kappa shape index (κ3) is 3.18. The first-order valence-corrected chi connectivity index (χ1v) is 5.33. The highest BCUT2D eigenvalue weighted by molar-refractivity contribution is 5.76. The summed E-state index contributed by atoms with van der Waals surface area (Å²) in [5.41, 5.74) is 0. The summed E-state index contributed by atoms with van der Waals surface area (Å²) in [6.45, 7) is 6.89. The molecule has 0 bridgehead atoms. The Labute approximate surface area is 86.0 Å². The molecule has 0 saturated carbocycles. The lowest BCUT2D eigenvalue weighted by Gasteiger charge is -2.14. The molecule has 1 aliphatic rings. The maximum atomic E-state index is 11.5. The van der Waals surface area contributed by atoms with Gasteiger partial charge in [0.15, 0.2) is 0 Å². The first kappa shape index (κ1) is 11.3. The topological polar surface area (TPSA) is 44.4 Å². The Balaban J connectivity index is 2.31. The van der Waals surface area contributed by atoms with Crippen LogP contribution in [0.15, 0.2) is 0 Å². The number of hydrogen-bond acceptors (Lipinski definition) is 2. The summed E-state index contributed by atoms with van der Waals surface area (Å²) in [6.07, 6.45) is 1.07. The van der Waals surface area contributed by atoms with Gasteiger partial charge in [0.1, 0.15) is 0 Å². The van der Waals surface area contributed by atoms with Crippen LogP contribution in [-0.2, 0) is 0 Å². The highest BCUT2D eigenvalue weighted by atomic mass is 16.2. The van der Waals surface area contributed by atoms with Crippen LogP contribution in [0.3, 0.4) is 0 Å². The maximum Gasteiger partial charge on any atom is 0.317 e. The molecule has 82 valence electrons. The molecular formula is C10H21N3O. The summed E-state index contributed by atoms with van der Waals surface area (Å²) in [7, 11) is 1.90. The second-order valence-corrected chi connectivity index (χ2v) is 4.33. The van der Waals surface area contributed by atoms with E-state index in [-0.39, 0.29) is 6.03 Å². The van der Waals surface area contributed by atoms with Gasteiger partial charge in [-0.25, -0.2) is 4.79 Å². The number of urea groups is 1. The number of carbonyl (C=O) groups is 1. The fourth-order valence-electron chi connectivity index (χ4n) is 1.80. The van der Waals surface area contributed by atoms with E-state index in [0.717, 1.165) is 26.1 Å². The fraction of sp³-hybridized carbons (Fsp3) is 0.900. The lowest BCUT2D eigenvalue weighted by atomic mass is 10.0. The van der Waals surface area contributed by atoms with Crippen molar-refractivity contribution in [3.63, 3.8) is 0 Å². The van der Waals surface area contributed by atoms with Gasteiger partial charge in [0.25, 0.3) is 0 Å². The van der Waals surface area contributed by atoms with Gasteiger partial charge in [-0.2, -0.15) is 0 Å². The molecule has 1 atom stereocenters. The minimum Gasteiger partial charge on any atom is -0.333 e. The zero-order valence-corrected chi connectivity index (χ0v) is 9.34. The van der Waals surface area contributed by atoms with Crippen LogP contribution in [0.1, 0.15) is 20.3 Å². The van der Waals surface area contributed by atoms with Crippen molar-refractivity contribution in [1.82, 2.24) is 15.5 Å². The molecule has 0 aromatic rings. The van der Waals surface area contributed by atoms with E-state index in [1.54, 1.807) is 0 Å². The van der Waals surface area contributed by atoms with Gasteiger partial charge in [-0.3, -0.25) is 0 Å². The average molecular weight is 199 g/mol. The Morgan fingerprint density at radius 1 is 1.64 bits per heavy atom. The Kier molecular flexibility index (Phi) is 4.20. The van der Waals surface area contributed by atoms with Crippen LogP contribution in [0.25, 0.3) is 0 Å². The van der Waals surface area contributed by atoms with E-state index in [1.165, 1.54) is 0 Å². The zero-order valence-electron chi connectivity index (χ0n) is 9.34. The molecule has 0 aromatic heterocycles. The Bertz CT molecular complexity index is 194. The highest BCUT2D eigenvalue weighted by Crippen LogP contribution is 2.11. The van der Waals surface area contributed by atoms with Crippen molar-refractivity contribution in [3.8, 4) is 0 Å². The molecule has 1 aliphatic heterocycles. The largest absolute Gasteiger partial charge is 0.333 e. The smallest absolute Gasteiger partial charge is 0.317 e. The van der Waals surface area contributed by atoms with E-state index >= 15 is 0 Å². The van der Waals surface area contributed by atoms with Gasteiger partial charge in [-0.05, 0) is 19.4 Å². The standard InChI is InChI=1S/C10H21N3O/c1-8(2)6-9-7-13(5-4-11-3)10(14)12-9/h8-9,11H,4-7H2,1-3H3,(H,12,14). The molecule has 2 N–H and O–H groups in total. The summed E-state index contributed by atoms with van der Waals surface area (Å²) in [4.78, 5) is 13.3. The van der Waals surface area contributed by atoms with Gasteiger partial charge >= 0.3 is 6.03 Å². The molecule has 0 aromatic carbocycles. The van der Waals surface area contributed by atoms with Crippen molar-refractivity contribution in [2.75, 3.05) is 26.7 Å². The first-order chi connectivity index (χ1) is 6.63. The number of hydrogen-bond donors (Lipinski definition) is 2. The number of carbonyl (C=O) groups excluding carboxylic acids is 1. The summed E-state index contributed by atoms with van der Waals surface area (Å²) >= 11 is 0. The SMILES string of the molecule is CNCCN1CC(CC(C)C)NC1=O. The maximum absolute atomic E-state index is 11.5. The van der Waals surface area contributed by atoms with Crippen molar-refractivity contribution < 1.29 is 4.79 Å². The first-order valence-electron chi connectivity index (χ1n) is 5.33. The van der Waals surface area contributed by atoms with Crippen molar-refractivity contribution in [1.29, 1.82) is 0 Å². The summed E-state index contributed by atoms with van der Waals surface area (Å²) in [6, 6.07) is 0.435. The highest BCUT2D eigenvalue weighted by Gasteiger charge is 2.27. The second-order valence-electron chi connectivity index (χ2n) is 4.33. The summed E-state index contributed by atoms with van der Waals surface area (Å²) < 4.78 is 0. The van der Waals surface area contributed by atoms with Crippen LogP contribution in [0, 0.1) is 5.92 Å². The Morgan fingerprint density at radius 2 is 2.36 bits per heavy atom. The van der Waals surface area contributed by atoms with E-state index in [2.05, 4.69) is 24.5 Å². The van der Waals surface area contributed by atoms with E-state index in [4.69, 9.17) is 0 Å². The number of nitrogens with zero attached hydrogens (tertiary/aromatic N) is 1. The zero-order chi connectivity index (χ0) is 10.6. The minimum absolute atomic E-state index is 0.0888. The van der Waals surface area contributed by atoms with E-state index < -0.39 is 0 Å². The molecule has 1 unspecified atom stereocenters. The number of rotatable bonds is 5. The third-order valence-corrected chi connectivity index (χ3v) is 2.44. The molecule has 1 heterocycles. The molecule has 1 saturated heterocycles. The lowest BCUT2D eigenvalue weighted by Crippen LogP contribution is -2.33. The van der Waals surface area contributed by atoms with Gasteiger partial charge < -0.3 is 15.5 Å². The normalized spacial score (nSPS) is 21.9. The quantitative estimate of drug-likeness (QED) is 0.682. The molecule has 0 aliphatic carbocycles. The van der Waals surface area contributed by atoms with Gasteiger partial charge in [0, 0.05) is 25.7 Å². The second kappa shape index (κ2) is 5.20. The molecule has 2 amide bonds. The molecule has 4 heteroatoms. The van der Waals surface area contributed by atoms with Gasteiger partial charge in [0.2, 0.25) is 0 Å². The lowest BCUT2D eigenvalue weighted by molar-refractivity contribution is 0.218. The van der Waals surface area contributed by atoms with Crippen molar-refractivity contribution in [2.45, 2.75) is 26.3 Å². The molecule has 0 spiro atoms. The van der Waals surface area contributed by atoms with Crippen molar-refractivity contribution in [2.24, 2.45) is 5.92 Å². The monoisotopic (exact) mass is 199 g/mol. The summed E-state index contributed by atoms with van der Waals surface area (Å²) in [5.74, 6) is 0.643.